The fraction of sp³-hybridized carbons (Fsp3) is 0.636. The number of nitrogens with zero attached hydrogens (tertiary/aromatic N) is 3. The van der Waals surface area contributed by atoms with Gasteiger partial charge in [0.05, 0.1) is 12.4 Å². The maximum atomic E-state index is 13.2. The number of carbonyl (C=O) groups excluding carboxylic acids is 3. The number of carboxylic acid groups (broad SMARTS) is 1. The third kappa shape index (κ3) is 7.41. The summed E-state index contributed by atoms with van der Waals surface area (Å²) in [6.07, 6.45) is 6.24. The van der Waals surface area contributed by atoms with E-state index in [4.69, 9.17) is 11.5 Å². The van der Waals surface area contributed by atoms with Crippen LogP contribution in [0.1, 0.15) is 44.2 Å². The normalized spacial score (nSPS) is 20.9. The van der Waals surface area contributed by atoms with Gasteiger partial charge in [0.25, 0.3) is 0 Å². The van der Waals surface area contributed by atoms with Crippen LogP contribution >= 0.6 is 0 Å². The molecule has 0 saturated carbocycles. The van der Waals surface area contributed by atoms with E-state index >= 15 is 0 Å². The predicted octanol–water partition coefficient (Wildman–Crippen LogP) is -2.20. The molecule has 2 fully saturated rings. The Hall–Kier alpha value is -3.68. The van der Waals surface area contributed by atoms with Gasteiger partial charge in [-0.2, -0.15) is 0 Å². The largest absolute Gasteiger partial charge is 0.480 e. The number of aromatic amines is 1. The molecule has 3 rings (SSSR count). The van der Waals surface area contributed by atoms with E-state index < -0.39 is 35.9 Å². The van der Waals surface area contributed by atoms with Crippen LogP contribution in [0.3, 0.4) is 0 Å². The van der Waals surface area contributed by atoms with Crippen LogP contribution in [0.5, 0.6) is 0 Å². The van der Waals surface area contributed by atoms with Gasteiger partial charge in [-0.25, -0.2) is 9.78 Å². The van der Waals surface area contributed by atoms with Crippen molar-refractivity contribution in [1.82, 2.24) is 30.8 Å². The fourth-order valence-corrected chi connectivity index (χ4v) is 4.53. The van der Waals surface area contributed by atoms with Crippen molar-refractivity contribution in [2.45, 2.75) is 69.1 Å². The molecule has 2 aliphatic heterocycles. The molecule has 1 aromatic heterocycles. The monoisotopic (exact) mass is 505 g/mol. The van der Waals surface area contributed by atoms with E-state index in [0.717, 1.165) is 19.4 Å². The zero-order valence-corrected chi connectivity index (χ0v) is 20.1. The van der Waals surface area contributed by atoms with Gasteiger partial charge in [0.1, 0.15) is 18.1 Å². The van der Waals surface area contributed by atoms with Gasteiger partial charge in [-0.3, -0.25) is 19.4 Å². The molecule has 0 aliphatic carbocycles. The number of likely N-dealkylation sites (tertiary alicyclic amines) is 1. The lowest BCUT2D eigenvalue weighted by Gasteiger charge is -2.28. The van der Waals surface area contributed by atoms with Crippen LogP contribution in [0.2, 0.25) is 0 Å². The number of amides is 3. The highest BCUT2D eigenvalue weighted by molar-refractivity contribution is 5.94. The average Bonchev–Trinajstić information content (AvgIpc) is 3.62. The second-order valence-electron chi connectivity index (χ2n) is 9.03. The van der Waals surface area contributed by atoms with Gasteiger partial charge in [0, 0.05) is 31.4 Å². The first-order valence-electron chi connectivity index (χ1n) is 12.2. The highest BCUT2D eigenvalue weighted by Crippen LogP contribution is 2.21. The van der Waals surface area contributed by atoms with Crippen LogP contribution < -0.4 is 27.4 Å². The lowest BCUT2D eigenvalue weighted by atomic mass is 10.1. The number of nitrogens with two attached hydrogens (primary N) is 2. The molecule has 36 heavy (non-hydrogen) atoms. The summed E-state index contributed by atoms with van der Waals surface area (Å²) in [7, 11) is 0. The van der Waals surface area contributed by atoms with Gasteiger partial charge in [-0.1, -0.05) is 0 Å². The zero-order valence-electron chi connectivity index (χ0n) is 20.1. The standard InChI is InChI=1S/C22H35N9O5/c23-22(24)27-8-1-4-14(18(32)30-16(21(35)36)10-13-11-25-12-28-13)29-19(33)17-6-3-9-31(17)20(34)15-5-2-7-26-15/h11-12,14-17,26H,1-10H2,(H,25,28)(H,29,33)(H,30,32)(H,35,36)(H4,23,24,27)/t14-,15-,16-,17-/m0/s1. The van der Waals surface area contributed by atoms with E-state index in [1.807, 2.05) is 0 Å². The van der Waals surface area contributed by atoms with Crippen LogP contribution in [0, 0.1) is 0 Å². The molecule has 1 aromatic rings. The number of aliphatic carboxylic acids is 1. The topological polar surface area (TPSA) is 221 Å². The SMILES string of the molecule is NC(N)=NCCC[C@H](NC(=O)[C@@H]1CCCN1C(=O)[C@@H]1CCCN1)C(=O)N[C@@H](Cc1cnc[nH]1)C(=O)O. The van der Waals surface area contributed by atoms with Gasteiger partial charge in [-0.05, 0) is 45.1 Å². The predicted molar refractivity (Wildman–Crippen MR) is 129 cm³/mol. The Kier molecular flexibility index (Phi) is 9.61. The van der Waals surface area contributed by atoms with Crippen molar-refractivity contribution < 1.29 is 24.3 Å². The van der Waals surface area contributed by atoms with Gasteiger partial charge in [-0.15, -0.1) is 0 Å². The number of carbonyl (C=O) groups is 4. The summed E-state index contributed by atoms with van der Waals surface area (Å²) in [5.41, 5.74) is 11.2. The number of aromatic nitrogens is 2. The van der Waals surface area contributed by atoms with Gasteiger partial charge in [0.2, 0.25) is 17.7 Å². The Balaban J connectivity index is 1.67. The maximum Gasteiger partial charge on any atom is 0.326 e. The first-order valence-corrected chi connectivity index (χ1v) is 12.2. The third-order valence-corrected chi connectivity index (χ3v) is 6.37. The Morgan fingerprint density at radius 1 is 1.19 bits per heavy atom. The summed E-state index contributed by atoms with van der Waals surface area (Å²) >= 11 is 0. The van der Waals surface area contributed by atoms with Crippen LogP contribution in [0.25, 0.3) is 0 Å². The lowest BCUT2D eigenvalue weighted by molar-refractivity contribution is -0.143. The summed E-state index contributed by atoms with van der Waals surface area (Å²) in [6.45, 7) is 1.48. The second kappa shape index (κ2) is 12.9. The van der Waals surface area contributed by atoms with Crippen molar-refractivity contribution in [3.8, 4) is 0 Å². The third-order valence-electron chi connectivity index (χ3n) is 6.37. The summed E-state index contributed by atoms with van der Waals surface area (Å²) < 4.78 is 0. The minimum Gasteiger partial charge on any atom is -0.480 e. The smallest absolute Gasteiger partial charge is 0.326 e. The van der Waals surface area contributed by atoms with Gasteiger partial charge in [0.15, 0.2) is 5.96 Å². The Labute approximate surface area is 208 Å². The summed E-state index contributed by atoms with van der Waals surface area (Å²) in [4.78, 5) is 63.1. The van der Waals surface area contributed by atoms with Crippen molar-refractivity contribution >= 4 is 29.7 Å². The number of nitrogens with one attached hydrogen (secondary N) is 4. The summed E-state index contributed by atoms with van der Waals surface area (Å²) in [5.74, 6) is -2.51. The molecule has 0 unspecified atom stereocenters. The van der Waals surface area contributed by atoms with Crippen LogP contribution in [0.4, 0.5) is 0 Å². The molecule has 0 aromatic carbocycles. The number of carboxylic acids is 1. The lowest BCUT2D eigenvalue weighted by Crippen LogP contribution is -2.56. The van der Waals surface area contributed by atoms with Crippen molar-refractivity contribution in [1.29, 1.82) is 0 Å². The van der Waals surface area contributed by atoms with E-state index in [0.29, 0.717) is 31.5 Å². The molecule has 198 valence electrons. The Morgan fingerprint density at radius 3 is 2.64 bits per heavy atom. The molecule has 2 aliphatic rings. The molecule has 14 nitrogen and oxygen atoms in total. The van der Waals surface area contributed by atoms with E-state index in [1.165, 1.54) is 12.5 Å². The number of guanidine groups is 1. The second-order valence-corrected chi connectivity index (χ2v) is 9.03. The number of rotatable bonds is 12. The molecule has 14 heteroatoms. The highest BCUT2D eigenvalue weighted by Gasteiger charge is 2.39. The number of imidazole rings is 1. The first-order chi connectivity index (χ1) is 17.3. The molecule has 4 atom stereocenters. The van der Waals surface area contributed by atoms with Gasteiger partial charge >= 0.3 is 5.97 Å². The van der Waals surface area contributed by atoms with E-state index in [-0.39, 0.29) is 37.3 Å². The molecule has 3 amide bonds. The molecule has 0 radical (unpaired) electrons. The van der Waals surface area contributed by atoms with E-state index in [2.05, 4.69) is 30.9 Å². The highest BCUT2D eigenvalue weighted by atomic mass is 16.4. The Morgan fingerprint density at radius 2 is 2.00 bits per heavy atom. The molecular formula is C22H35N9O5. The molecule has 0 spiro atoms. The summed E-state index contributed by atoms with van der Waals surface area (Å²) in [6, 6.07) is -3.24. The number of hydrogen-bond donors (Lipinski definition) is 7. The molecule has 2 saturated heterocycles. The molecular weight excluding hydrogens is 470 g/mol. The van der Waals surface area contributed by atoms with E-state index in [9.17, 15) is 24.3 Å². The van der Waals surface area contributed by atoms with Gasteiger partial charge < -0.3 is 42.4 Å². The number of aliphatic imine (C=N–C) groups is 1. The molecule has 9 N–H and O–H groups in total. The van der Waals surface area contributed by atoms with Crippen LogP contribution in [-0.2, 0) is 25.6 Å². The molecule has 3 heterocycles. The fourth-order valence-electron chi connectivity index (χ4n) is 4.53. The average molecular weight is 506 g/mol. The van der Waals surface area contributed by atoms with Crippen LogP contribution in [0.15, 0.2) is 17.5 Å². The minimum atomic E-state index is -1.23. The Bertz CT molecular complexity index is 942. The van der Waals surface area contributed by atoms with Crippen molar-refractivity contribution in [3.63, 3.8) is 0 Å². The first kappa shape index (κ1) is 26.9. The van der Waals surface area contributed by atoms with Crippen molar-refractivity contribution in [2.75, 3.05) is 19.6 Å². The van der Waals surface area contributed by atoms with Crippen molar-refractivity contribution in [3.05, 3.63) is 18.2 Å². The number of hydrogen-bond acceptors (Lipinski definition) is 7. The minimum absolute atomic E-state index is 0.00493. The van der Waals surface area contributed by atoms with Crippen LogP contribution in [-0.4, -0.2) is 93.4 Å². The van der Waals surface area contributed by atoms with Crippen molar-refractivity contribution in [2.24, 2.45) is 16.5 Å². The summed E-state index contributed by atoms with van der Waals surface area (Å²) in [5, 5.41) is 18.0. The molecule has 0 bridgehead atoms. The maximum absolute atomic E-state index is 13.2. The quantitative estimate of drug-likeness (QED) is 0.0929. The number of H-pyrrole nitrogens is 1. The zero-order chi connectivity index (χ0) is 26.1. The van der Waals surface area contributed by atoms with E-state index in [1.54, 1.807) is 4.90 Å².